The van der Waals surface area contributed by atoms with E-state index in [1.807, 2.05) is 12.1 Å². The largest absolute Gasteiger partial charge is 0.369 e. The first-order valence-electron chi connectivity index (χ1n) is 9.63. The number of amides is 1. The highest BCUT2D eigenvalue weighted by atomic mass is 32.2. The van der Waals surface area contributed by atoms with Gasteiger partial charge in [-0.2, -0.15) is 0 Å². The second-order valence-electron chi connectivity index (χ2n) is 7.41. The number of aryl methyl sites for hydroxylation is 1. The first-order valence-corrected chi connectivity index (χ1v) is 11.1. The number of rotatable bonds is 6. The number of sulfonamides is 1. The molecule has 1 aliphatic rings. The second kappa shape index (κ2) is 8.94. The number of anilines is 2. The zero-order valence-electron chi connectivity index (χ0n) is 17.1. The van der Waals surface area contributed by atoms with Crippen LogP contribution in [0.5, 0.6) is 0 Å². The van der Waals surface area contributed by atoms with Crippen molar-refractivity contribution >= 4 is 27.3 Å². The second-order valence-corrected chi connectivity index (χ2v) is 9.56. The maximum Gasteiger partial charge on any atom is 0.242 e. The van der Waals surface area contributed by atoms with E-state index >= 15 is 0 Å². The van der Waals surface area contributed by atoms with Gasteiger partial charge in [0.2, 0.25) is 15.9 Å². The van der Waals surface area contributed by atoms with Crippen LogP contribution < -0.4 is 10.2 Å². The minimum absolute atomic E-state index is 0.145. The molecule has 0 aromatic heterocycles. The van der Waals surface area contributed by atoms with Gasteiger partial charge in [0.25, 0.3) is 0 Å². The van der Waals surface area contributed by atoms with Gasteiger partial charge >= 0.3 is 0 Å². The number of nitrogens with zero attached hydrogens (tertiary/aromatic N) is 3. The molecule has 0 aliphatic carbocycles. The highest BCUT2D eigenvalue weighted by Crippen LogP contribution is 2.21. The van der Waals surface area contributed by atoms with Crippen molar-refractivity contribution in [2.75, 3.05) is 57.0 Å². The lowest BCUT2D eigenvalue weighted by Crippen LogP contribution is -2.48. The lowest BCUT2D eigenvalue weighted by Gasteiger charge is -2.36. The number of carbonyl (C=O) groups is 1. The highest BCUT2D eigenvalue weighted by molar-refractivity contribution is 7.89. The van der Waals surface area contributed by atoms with Gasteiger partial charge in [-0.15, -0.1) is 0 Å². The molecule has 1 aliphatic heterocycles. The summed E-state index contributed by atoms with van der Waals surface area (Å²) in [6.45, 7) is 5.74. The number of hydrogen-bond acceptors (Lipinski definition) is 5. The maximum atomic E-state index is 12.5. The van der Waals surface area contributed by atoms with Crippen molar-refractivity contribution in [2.24, 2.45) is 0 Å². The van der Waals surface area contributed by atoms with Crippen LogP contribution in [0.1, 0.15) is 5.56 Å². The number of benzene rings is 2. The Kier molecular flexibility index (Phi) is 6.56. The zero-order valence-corrected chi connectivity index (χ0v) is 17.9. The molecular formula is C21H28N4O3S. The monoisotopic (exact) mass is 416 g/mol. The Labute approximate surface area is 173 Å². The van der Waals surface area contributed by atoms with Crippen LogP contribution in [0.3, 0.4) is 0 Å². The molecule has 8 heteroatoms. The standard InChI is InChI=1S/C21H28N4O3S/c1-17-7-4-5-10-20(17)25-13-11-24(12-14-25)16-21(26)22-18-8-6-9-19(15-18)29(27,28)23(2)3/h4-10,15H,11-14,16H2,1-3H3,(H,22,26). The minimum Gasteiger partial charge on any atom is -0.369 e. The van der Waals surface area contributed by atoms with Crippen molar-refractivity contribution in [3.05, 3.63) is 54.1 Å². The summed E-state index contributed by atoms with van der Waals surface area (Å²) in [7, 11) is -0.566. The molecule has 1 saturated heterocycles. The van der Waals surface area contributed by atoms with E-state index in [0.717, 1.165) is 30.5 Å². The number of piperazine rings is 1. The predicted octanol–water partition coefficient (Wildman–Crippen LogP) is 2.01. The Morgan fingerprint density at radius 2 is 1.72 bits per heavy atom. The third kappa shape index (κ3) is 5.14. The van der Waals surface area contributed by atoms with E-state index in [2.05, 4.69) is 34.2 Å². The van der Waals surface area contributed by atoms with Crippen molar-refractivity contribution in [1.29, 1.82) is 0 Å². The van der Waals surface area contributed by atoms with Gasteiger partial charge in [-0.25, -0.2) is 12.7 Å². The van der Waals surface area contributed by atoms with E-state index in [9.17, 15) is 13.2 Å². The molecule has 1 N–H and O–H groups in total. The maximum absolute atomic E-state index is 12.5. The smallest absolute Gasteiger partial charge is 0.242 e. The first-order chi connectivity index (χ1) is 13.8. The topological polar surface area (TPSA) is 73.0 Å². The molecule has 0 bridgehead atoms. The molecule has 0 atom stereocenters. The summed E-state index contributed by atoms with van der Waals surface area (Å²) in [5, 5.41) is 2.82. The van der Waals surface area contributed by atoms with E-state index in [-0.39, 0.29) is 17.3 Å². The first kappa shape index (κ1) is 21.3. The summed E-state index contributed by atoms with van der Waals surface area (Å²) >= 11 is 0. The van der Waals surface area contributed by atoms with Gasteiger partial charge < -0.3 is 10.2 Å². The SMILES string of the molecule is Cc1ccccc1N1CCN(CC(=O)Nc2cccc(S(=O)(=O)N(C)C)c2)CC1. The minimum atomic E-state index is -3.53. The molecule has 0 saturated carbocycles. The molecule has 1 amide bonds. The fraction of sp³-hybridized carbons (Fsp3) is 0.381. The van der Waals surface area contributed by atoms with E-state index < -0.39 is 10.0 Å². The molecular weight excluding hydrogens is 388 g/mol. The van der Waals surface area contributed by atoms with E-state index in [4.69, 9.17) is 0 Å². The Hall–Kier alpha value is -2.42. The number of nitrogens with one attached hydrogen (secondary N) is 1. The third-order valence-electron chi connectivity index (χ3n) is 5.09. The summed E-state index contributed by atoms with van der Waals surface area (Å²) in [5.74, 6) is -0.145. The average molecular weight is 417 g/mol. The Bertz CT molecular complexity index is 967. The summed E-state index contributed by atoms with van der Waals surface area (Å²) in [6, 6.07) is 14.7. The molecule has 156 valence electrons. The molecule has 29 heavy (non-hydrogen) atoms. The van der Waals surface area contributed by atoms with Crippen LogP contribution in [0.2, 0.25) is 0 Å². The van der Waals surface area contributed by atoms with E-state index in [1.165, 1.54) is 37.5 Å². The van der Waals surface area contributed by atoms with Gasteiger partial charge in [0, 0.05) is 51.6 Å². The summed E-state index contributed by atoms with van der Waals surface area (Å²) in [4.78, 5) is 17.1. The van der Waals surface area contributed by atoms with Gasteiger partial charge in [-0.05, 0) is 36.8 Å². The van der Waals surface area contributed by atoms with Crippen molar-refractivity contribution in [3.63, 3.8) is 0 Å². The number of carbonyl (C=O) groups excluding carboxylic acids is 1. The van der Waals surface area contributed by atoms with Gasteiger partial charge in [0.1, 0.15) is 0 Å². The Morgan fingerprint density at radius 3 is 2.38 bits per heavy atom. The lowest BCUT2D eigenvalue weighted by atomic mass is 10.1. The molecule has 2 aromatic rings. The van der Waals surface area contributed by atoms with Gasteiger partial charge in [0.05, 0.1) is 11.4 Å². The van der Waals surface area contributed by atoms with Crippen LogP contribution in [-0.4, -0.2) is 70.3 Å². The molecule has 0 radical (unpaired) electrons. The summed E-state index contributed by atoms with van der Waals surface area (Å²) < 4.78 is 25.7. The number of para-hydroxylation sites is 1. The van der Waals surface area contributed by atoms with Crippen molar-refractivity contribution in [3.8, 4) is 0 Å². The number of hydrogen-bond donors (Lipinski definition) is 1. The van der Waals surface area contributed by atoms with Crippen molar-refractivity contribution in [2.45, 2.75) is 11.8 Å². The molecule has 1 fully saturated rings. The fourth-order valence-corrected chi connectivity index (χ4v) is 4.36. The fourth-order valence-electron chi connectivity index (χ4n) is 3.41. The molecule has 1 heterocycles. The normalized spacial score (nSPS) is 15.5. The Balaban J connectivity index is 1.55. The van der Waals surface area contributed by atoms with Crippen LogP contribution in [-0.2, 0) is 14.8 Å². The summed E-state index contributed by atoms with van der Waals surface area (Å²) in [6.07, 6.45) is 0. The summed E-state index contributed by atoms with van der Waals surface area (Å²) in [5.41, 5.74) is 2.98. The lowest BCUT2D eigenvalue weighted by molar-refractivity contribution is -0.117. The van der Waals surface area contributed by atoms with E-state index in [0.29, 0.717) is 5.69 Å². The van der Waals surface area contributed by atoms with Gasteiger partial charge in [-0.1, -0.05) is 24.3 Å². The molecule has 0 unspecified atom stereocenters. The average Bonchev–Trinajstić information content (AvgIpc) is 2.69. The van der Waals surface area contributed by atoms with Crippen LogP contribution >= 0.6 is 0 Å². The molecule has 0 spiro atoms. The quantitative estimate of drug-likeness (QED) is 0.780. The highest BCUT2D eigenvalue weighted by Gasteiger charge is 2.21. The van der Waals surface area contributed by atoms with Crippen LogP contribution in [0.25, 0.3) is 0 Å². The van der Waals surface area contributed by atoms with E-state index in [1.54, 1.807) is 12.1 Å². The zero-order chi connectivity index (χ0) is 21.0. The predicted molar refractivity (Wildman–Crippen MR) is 116 cm³/mol. The van der Waals surface area contributed by atoms with Crippen LogP contribution in [0.4, 0.5) is 11.4 Å². The Morgan fingerprint density at radius 1 is 1.03 bits per heavy atom. The van der Waals surface area contributed by atoms with Gasteiger partial charge in [0.15, 0.2) is 0 Å². The molecule has 2 aromatic carbocycles. The van der Waals surface area contributed by atoms with Crippen molar-refractivity contribution < 1.29 is 13.2 Å². The van der Waals surface area contributed by atoms with Gasteiger partial charge in [-0.3, -0.25) is 9.69 Å². The molecule has 7 nitrogen and oxygen atoms in total. The molecule has 3 rings (SSSR count). The van der Waals surface area contributed by atoms with Crippen LogP contribution in [0, 0.1) is 6.92 Å². The van der Waals surface area contributed by atoms with Crippen molar-refractivity contribution in [1.82, 2.24) is 9.21 Å². The van der Waals surface area contributed by atoms with Crippen LogP contribution in [0.15, 0.2) is 53.4 Å². The third-order valence-corrected chi connectivity index (χ3v) is 6.90.